The third-order valence-corrected chi connectivity index (χ3v) is 4.67. The van der Waals surface area contributed by atoms with Crippen molar-refractivity contribution in [3.05, 3.63) is 70.2 Å². The van der Waals surface area contributed by atoms with Crippen LogP contribution in [0.25, 0.3) is 0 Å². The van der Waals surface area contributed by atoms with Gasteiger partial charge in [0.2, 0.25) is 0 Å². The fourth-order valence-corrected chi connectivity index (χ4v) is 3.30. The molecule has 2 heterocycles. The zero-order valence-corrected chi connectivity index (χ0v) is 18.7. The molecule has 6 nitrogen and oxygen atoms in total. The molecule has 27 heavy (non-hydrogen) atoms. The number of aryl methyl sites for hydroxylation is 1. The average Bonchev–Trinajstić information content (AvgIpc) is 3.29. The second kappa shape index (κ2) is 11.0. The number of aromatic nitrogens is 3. The highest BCUT2D eigenvalue weighted by atomic mass is 127. The summed E-state index contributed by atoms with van der Waals surface area (Å²) < 4.78 is 2.06. The first kappa shape index (κ1) is 21.4. The predicted molar refractivity (Wildman–Crippen MR) is 122 cm³/mol. The van der Waals surface area contributed by atoms with Crippen LogP contribution < -0.4 is 10.6 Å². The van der Waals surface area contributed by atoms with Crippen LogP contribution in [0.2, 0.25) is 0 Å². The van der Waals surface area contributed by atoms with E-state index in [1.807, 2.05) is 18.7 Å². The summed E-state index contributed by atoms with van der Waals surface area (Å²) in [5.74, 6) is 0.806. The first-order valence-electron chi connectivity index (χ1n) is 8.70. The molecule has 0 amide bonds. The van der Waals surface area contributed by atoms with Crippen molar-refractivity contribution in [1.82, 2.24) is 25.2 Å². The Morgan fingerprint density at radius 1 is 1.26 bits per heavy atom. The number of nitrogens with zero attached hydrogens (tertiary/aromatic N) is 4. The summed E-state index contributed by atoms with van der Waals surface area (Å²) in [6.45, 7) is 7.09. The number of guanidine groups is 1. The molecule has 0 aliphatic carbocycles. The number of hydrogen-bond acceptors (Lipinski definition) is 4. The van der Waals surface area contributed by atoms with Crippen LogP contribution in [-0.2, 0) is 19.6 Å². The molecular weight excluding hydrogens is 471 g/mol. The van der Waals surface area contributed by atoms with Crippen molar-refractivity contribution in [3.63, 3.8) is 0 Å². The van der Waals surface area contributed by atoms with Gasteiger partial charge in [-0.15, -0.1) is 35.3 Å². The highest BCUT2D eigenvalue weighted by Crippen LogP contribution is 2.11. The molecule has 3 aromatic rings. The van der Waals surface area contributed by atoms with Gasteiger partial charge in [-0.3, -0.25) is 0 Å². The van der Waals surface area contributed by atoms with Crippen molar-refractivity contribution in [3.8, 4) is 0 Å². The maximum absolute atomic E-state index is 4.70. The fraction of sp³-hybridized carbons (Fsp3) is 0.316. The Morgan fingerprint density at radius 3 is 2.81 bits per heavy atom. The number of halogens is 1. The maximum Gasteiger partial charge on any atom is 0.191 e. The minimum Gasteiger partial charge on any atom is -0.357 e. The topological polar surface area (TPSA) is 67.1 Å². The monoisotopic (exact) mass is 496 g/mol. The Hall–Kier alpha value is -1.94. The van der Waals surface area contributed by atoms with Crippen molar-refractivity contribution < 1.29 is 0 Å². The molecule has 3 rings (SSSR count). The molecule has 0 atom stereocenters. The van der Waals surface area contributed by atoms with E-state index in [9.17, 15) is 0 Å². The van der Waals surface area contributed by atoms with E-state index in [0.717, 1.165) is 24.1 Å². The molecule has 1 aromatic carbocycles. The number of aliphatic imine (C=N–C) groups is 1. The quantitative estimate of drug-likeness (QED) is 0.298. The van der Waals surface area contributed by atoms with Crippen LogP contribution >= 0.6 is 35.3 Å². The van der Waals surface area contributed by atoms with Gasteiger partial charge < -0.3 is 15.2 Å². The lowest BCUT2D eigenvalue weighted by Gasteiger charge is -2.10. The number of benzene rings is 1. The number of imidazole rings is 1. The first-order chi connectivity index (χ1) is 12.7. The average molecular weight is 496 g/mol. The smallest absolute Gasteiger partial charge is 0.191 e. The molecule has 2 N–H and O–H groups in total. The number of thiazole rings is 1. The molecule has 8 heteroatoms. The van der Waals surface area contributed by atoms with Gasteiger partial charge in [-0.25, -0.2) is 15.0 Å². The summed E-state index contributed by atoms with van der Waals surface area (Å²) in [4.78, 5) is 14.4. The molecule has 144 valence electrons. The Bertz CT molecular complexity index is 844. The minimum atomic E-state index is 0. The third kappa shape index (κ3) is 6.94. The van der Waals surface area contributed by atoms with E-state index in [2.05, 4.69) is 63.3 Å². The van der Waals surface area contributed by atoms with Gasteiger partial charge in [-0.1, -0.05) is 24.3 Å². The Labute approximate surface area is 181 Å². The van der Waals surface area contributed by atoms with E-state index in [0.29, 0.717) is 13.1 Å². The van der Waals surface area contributed by atoms with Crippen molar-refractivity contribution >= 4 is 41.3 Å². The highest BCUT2D eigenvalue weighted by Gasteiger charge is 2.02. The van der Waals surface area contributed by atoms with Gasteiger partial charge >= 0.3 is 0 Å². The van der Waals surface area contributed by atoms with Crippen LogP contribution in [-0.4, -0.2) is 27.0 Å². The van der Waals surface area contributed by atoms with Crippen LogP contribution in [0, 0.1) is 6.92 Å². The molecule has 0 saturated carbocycles. The largest absolute Gasteiger partial charge is 0.357 e. The van der Waals surface area contributed by atoms with Gasteiger partial charge in [-0.2, -0.15) is 0 Å². The lowest BCUT2D eigenvalue weighted by atomic mass is 10.1. The van der Waals surface area contributed by atoms with E-state index >= 15 is 0 Å². The summed E-state index contributed by atoms with van der Waals surface area (Å²) in [5.41, 5.74) is 2.43. The number of hydrogen-bond donors (Lipinski definition) is 2. The van der Waals surface area contributed by atoms with Gasteiger partial charge in [-0.05, 0) is 25.0 Å². The summed E-state index contributed by atoms with van der Waals surface area (Å²) in [6.07, 6.45) is 7.50. The fourth-order valence-electron chi connectivity index (χ4n) is 2.57. The Kier molecular flexibility index (Phi) is 8.73. The SMILES string of the molecule is CCNC(=NCc1cccc(Cn2ccnc2)c1)NCc1ncc(C)s1.I. The van der Waals surface area contributed by atoms with E-state index in [4.69, 9.17) is 4.99 Å². The minimum absolute atomic E-state index is 0. The second-order valence-corrected chi connectivity index (χ2v) is 7.29. The molecule has 0 saturated heterocycles. The van der Waals surface area contributed by atoms with Gasteiger partial charge in [0.25, 0.3) is 0 Å². The molecule has 0 fully saturated rings. The van der Waals surface area contributed by atoms with Crippen molar-refractivity contribution in [2.24, 2.45) is 4.99 Å². The molecule has 2 aromatic heterocycles. The molecule has 0 aliphatic rings. The first-order valence-corrected chi connectivity index (χ1v) is 9.51. The van der Waals surface area contributed by atoms with Gasteiger partial charge in [0.05, 0.1) is 19.4 Å². The number of nitrogens with one attached hydrogen (secondary N) is 2. The van der Waals surface area contributed by atoms with Crippen LogP contribution in [0.4, 0.5) is 0 Å². The number of rotatable bonds is 7. The maximum atomic E-state index is 4.70. The highest BCUT2D eigenvalue weighted by molar-refractivity contribution is 14.0. The Morgan fingerprint density at radius 2 is 2.11 bits per heavy atom. The predicted octanol–water partition coefficient (Wildman–Crippen LogP) is 3.57. The second-order valence-electron chi connectivity index (χ2n) is 5.97. The van der Waals surface area contributed by atoms with E-state index in [1.165, 1.54) is 16.0 Å². The van der Waals surface area contributed by atoms with E-state index in [1.54, 1.807) is 17.5 Å². The summed E-state index contributed by atoms with van der Waals surface area (Å²) in [7, 11) is 0. The Balaban J connectivity index is 0.00000261. The van der Waals surface area contributed by atoms with Crippen LogP contribution in [0.3, 0.4) is 0 Å². The molecule has 0 radical (unpaired) electrons. The zero-order valence-electron chi connectivity index (χ0n) is 15.6. The molecular formula is C19H25IN6S. The lowest BCUT2D eigenvalue weighted by molar-refractivity contribution is 0.793. The molecule has 0 aliphatic heterocycles. The normalized spacial score (nSPS) is 11.1. The van der Waals surface area contributed by atoms with Gasteiger partial charge in [0.1, 0.15) is 5.01 Å². The zero-order chi connectivity index (χ0) is 18.2. The van der Waals surface area contributed by atoms with Gasteiger partial charge in [0.15, 0.2) is 5.96 Å². The van der Waals surface area contributed by atoms with E-state index < -0.39 is 0 Å². The lowest BCUT2D eigenvalue weighted by Crippen LogP contribution is -2.36. The van der Waals surface area contributed by atoms with Crippen LogP contribution in [0.5, 0.6) is 0 Å². The van der Waals surface area contributed by atoms with Crippen LogP contribution in [0.1, 0.15) is 27.9 Å². The third-order valence-electron chi connectivity index (χ3n) is 3.76. The van der Waals surface area contributed by atoms with Crippen molar-refractivity contribution in [2.45, 2.75) is 33.5 Å². The summed E-state index contributed by atoms with van der Waals surface area (Å²) in [6, 6.07) is 8.50. The molecule has 0 unspecified atom stereocenters. The van der Waals surface area contributed by atoms with E-state index in [-0.39, 0.29) is 24.0 Å². The van der Waals surface area contributed by atoms with Gasteiger partial charge in [0, 0.05) is 36.6 Å². The summed E-state index contributed by atoms with van der Waals surface area (Å²) in [5, 5.41) is 7.70. The molecule has 0 spiro atoms. The van der Waals surface area contributed by atoms with Crippen LogP contribution in [0.15, 0.2) is 54.2 Å². The summed E-state index contributed by atoms with van der Waals surface area (Å²) >= 11 is 1.70. The van der Waals surface area contributed by atoms with Crippen molar-refractivity contribution in [2.75, 3.05) is 6.54 Å². The molecule has 0 bridgehead atoms. The van der Waals surface area contributed by atoms with Crippen molar-refractivity contribution in [1.29, 1.82) is 0 Å². The standard InChI is InChI=1S/C19H24N6S.HI/c1-3-21-19(24-12-18-22-10-15(2)26-18)23-11-16-5-4-6-17(9-16)13-25-8-7-20-14-25;/h4-10,14H,3,11-13H2,1-2H3,(H2,21,23,24);1H.